The Bertz CT molecular complexity index is 461. The standard InChI is InChI=1S/C16H26ClN3O/c1-3-9-19-14(13-10-12(17)11-20-15(13)18)16(21-2)7-5-4-6-8-16/h10-11,14,19H,3-9H2,1-2H3,(H2,18,20). The first-order valence-corrected chi connectivity index (χ1v) is 8.20. The van der Waals surface area contributed by atoms with Gasteiger partial charge in [-0.05, 0) is 31.9 Å². The maximum Gasteiger partial charge on any atom is 0.128 e. The quantitative estimate of drug-likeness (QED) is 0.841. The molecule has 118 valence electrons. The van der Waals surface area contributed by atoms with Crippen LogP contribution >= 0.6 is 11.6 Å². The van der Waals surface area contributed by atoms with Crippen LogP contribution < -0.4 is 11.1 Å². The van der Waals surface area contributed by atoms with E-state index in [0.717, 1.165) is 31.4 Å². The average Bonchev–Trinajstić information content (AvgIpc) is 2.51. The highest BCUT2D eigenvalue weighted by atomic mass is 35.5. The highest BCUT2D eigenvalue weighted by Crippen LogP contribution is 2.42. The topological polar surface area (TPSA) is 60.2 Å². The highest BCUT2D eigenvalue weighted by molar-refractivity contribution is 6.30. The van der Waals surface area contributed by atoms with Crippen LogP contribution in [-0.4, -0.2) is 24.2 Å². The molecule has 0 bridgehead atoms. The number of halogens is 1. The van der Waals surface area contributed by atoms with E-state index in [1.54, 1.807) is 13.3 Å². The zero-order valence-corrected chi connectivity index (χ0v) is 13.7. The number of nitrogens with zero attached hydrogens (tertiary/aromatic N) is 1. The molecule has 21 heavy (non-hydrogen) atoms. The first-order chi connectivity index (χ1) is 10.1. The predicted octanol–water partition coefficient (Wildman–Crippen LogP) is 3.71. The van der Waals surface area contributed by atoms with Crippen LogP contribution in [0.25, 0.3) is 0 Å². The normalized spacial score (nSPS) is 19.4. The molecule has 0 spiro atoms. The fourth-order valence-corrected chi connectivity index (χ4v) is 3.49. The number of hydrogen-bond acceptors (Lipinski definition) is 4. The summed E-state index contributed by atoms with van der Waals surface area (Å²) in [5, 5.41) is 4.23. The molecule has 1 atom stereocenters. The first kappa shape index (κ1) is 16.5. The number of pyridine rings is 1. The molecule has 1 heterocycles. The lowest BCUT2D eigenvalue weighted by molar-refractivity contribution is -0.0686. The van der Waals surface area contributed by atoms with Gasteiger partial charge in [-0.15, -0.1) is 0 Å². The summed E-state index contributed by atoms with van der Waals surface area (Å²) in [6.45, 7) is 3.08. The van der Waals surface area contributed by atoms with Gasteiger partial charge < -0.3 is 15.8 Å². The van der Waals surface area contributed by atoms with E-state index in [0.29, 0.717) is 10.8 Å². The maximum absolute atomic E-state index is 6.14. The third-order valence-corrected chi connectivity index (χ3v) is 4.66. The largest absolute Gasteiger partial charge is 0.383 e. The van der Waals surface area contributed by atoms with E-state index in [1.807, 2.05) is 6.07 Å². The van der Waals surface area contributed by atoms with E-state index >= 15 is 0 Å². The van der Waals surface area contributed by atoms with Crippen molar-refractivity contribution in [3.8, 4) is 0 Å². The lowest BCUT2D eigenvalue weighted by Gasteiger charge is -2.43. The van der Waals surface area contributed by atoms with Crippen molar-refractivity contribution < 1.29 is 4.74 Å². The summed E-state index contributed by atoms with van der Waals surface area (Å²) in [7, 11) is 1.81. The van der Waals surface area contributed by atoms with Crippen molar-refractivity contribution in [2.45, 2.75) is 57.1 Å². The van der Waals surface area contributed by atoms with Crippen molar-refractivity contribution in [1.82, 2.24) is 10.3 Å². The summed E-state index contributed by atoms with van der Waals surface area (Å²) in [6, 6.07) is 1.96. The minimum Gasteiger partial charge on any atom is -0.383 e. The molecule has 1 unspecified atom stereocenters. The Morgan fingerprint density at radius 3 is 2.76 bits per heavy atom. The van der Waals surface area contributed by atoms with Gasteiger partial charge in [0.15, 0.2) is 0 Å². The monoisotopic (exact) mass is 311 g/mol. The second-order valence-corrected chi connectivity index (χ2v) is 6.28. The minimum atomic E-state index is -0.214. The van der Waals surface area contributed by atoms with E-state index in [2.05, 4.69) is 17.2 Å². The van der Waals surface area contributed by atoms with Crippen LogP contribution in [-0.2, 0) is 4.74 Å². The summed E-state index contributed by atoms with van der Waals surface area (Å²) in [5.41, 5.74) is 6.86. The molecule has 1 saturated carbocycles. The number of methoxy groups -OCH3 is 1. The molecule has 1 aliphatic rings. The second kappa shape index (κ2) is 7.43. The third-order valence-electron chi connectivity index (χ3n) is 4.46. The van der Waals surface area contributed by atoms with E-state index in [9.17, 15) is 0 Å². The van der Waals surface area contributed by atoms with E-state index in [-0.39, 0.29) is 11.6 Å². The molecule has 2 rings (SSSR count). The molecular formula is C16H26ClN3O. The molecule has 5 heteroatoms. The van der Waals surface area contributed by atoms with E-state index < -0.39 is 0 Å². The Balaban J connectivity index is 2.38. The van der Waals surface area contributed by atoms with Gasteiger partial charge in [-0.2, -0.15) is 0 Å². The Hall–Kier alpha value is -0.840. The molecule has 1 fully saturated rings. The zero-order valence-electron chi connectivity index (χ0n) is 13.0. The second-order valence-electron chi connectivity index (χ2n) is 5.84. The van der Waals surface area contributed by atoms with E-state index in [4.69, 9.17) is 22.1 Å². The zero-order chi connectivity index (χ0) is 15.3. The molecule has 0 aliphatic heterocycles. The summed E-state index contributed by atoms with van der Waals surface area (Å²) in [4.78, 5) is 4.22. The Morgan fingerprint density at radius 1 is 1.43 bits per heavy atom. The van der Waals surface area contributed by atoms with Crippen molar-refractivity contribution in [2.75, 3.05) is 19.4 Å². The number of rotatable bonds is 6. The molecule has 0 amide bonds. The van der Waals surface area contributed by atoms with Crippen molar-refractivity contribution in [1.29, 1.82) is 0 Å². The van der Waals surface area contributed by atoms with Crippen molar-refractivity contribution >= 4 is 17.4 Å². The van der Waals surface area contributed by atoms with Gasteiger partial charge in [-0.3, -0.25) is 0 Å². The van der Waals surface area contributed by atoms with Gasteiger partial charge in [0.1, 0.15) is 5.82 Å². The van der Waals surface area contributed by atoms with Gasteiger partial charge in [0.25, 0.3) is 0 Å². The molecule has 0 radical (unpaired) electrons. The SMILES string of the molecule is CCCNC(c1cc(Cl)cnc1N)C1(OC)CCCCC1. The number of nitrogens with one attached hydrogen (secondary N) is 1. The lowest BCUT2D eigenvalue weighted by atomic mass is 9.76. The average molecular weight is 312 g/mol. The van der Waals surface area contributed by atoms with Gasteiger partial charge in [0.2, 0.25) is 0 Å². The Morgan fingerprint density at radius 2 is 2.14 bits per heavy atom. The molecule has 1 aromatic rings. The fourth-order valence-electron chi connectivity index (χ4n) is 3.33. The van der Waals surface area contributed by atoms with Gasteiger partial charge in [-0.1, -0.05) is 37.8 Å². The molecule has 0 aromatic carbocycles. The molecular weight excluding hydrogens is 286 g/mol. The van der Waals surface area contributed by atoms with Crippen LogP contribution in [0.3, 0.4) is 0 Å². The Labute approximate surface area is 132 Å². The minimum absolute atomic E-state index is 0.0361. The van der Waals surface area contributed by atoms with Gasteiger partial charge >= 0.3 is 0 Å². The van der Waals surface area contributed by atoms with Crippen LogP contribution in [0, 0.1) is 0 Å². The summed E-state index contributed by atoms with van der Waals surface area (Å²) >= 11 is 6.14. The molecule has 1 aliphatic carbocycles. The number of hydrogen-bond donors (Lipinski definition) is 2. The van der Waals surface area contributed by atoms with Crippen LogP contribution in [0.2, 0.25) is 5.02 Å². The van der Waals surface area contributed by atoms with Crippen molar-refractivity contribution in [3.63, 3.8) is 0 Å². The summed E-state index contributed by atoms with van der Waals surface area (Å²) in [6.07, 6.45) is 8.38. The van der Waals surface area contributed by atoms with Gasteiger partial charge in [0.05, 0.1) is 16.7 Å². The number of ether oxygens (including phenoxy) is 1. The van der Waals surface area contributed by atoms with Gasteiger partial charge in [-0.25, -0.2) is 4.98 Å². The summed E-state index contributed by atoms with van der Waals surface area (Å²) < 4.78 is 6.00. The van der Waals surface area contributed by atoms with Crippen LogP contribution in [0.4, 0.5) is 5.82 Å². The third kappa shape index (κ3) is 3.68. The molecule has 1 aromatic heterocycles. The van der Waals surface area contributed by atoms with Crippen LogP contribution in [0.5, 0.6) is 0 Å². The van der Waals surface area contributed by atoms with Crippen LogP contribution in [0.15, 0.2) is 12.3 Å². The molecule has 3 N–H and O–H groups in total. The number of anilines is 1. The predicted molar refractivity (Wildman–Crippen MR) is 87.5 cm³/mol. The Kier molecular flexibility index (Phi) is 5.85. The lowest BCUT2D eigenvalue weighted by Crippen LogP contribution is -2.47. The fraction of sp³-hybridized carbons (Fsp3) is 0.688. The highest BCUT2D eigenvalue weighted by Gasteiger charge is 2.41. The maximum atomic E-state index is 6.14. The van der Waals surface area contributed by atoms with Crippen molar-refractivity contribution in [3.05, 3.63) is 22.8 Å². The first-order valence-electron chi connectivity index (χ1n) is 7.82. The van der Waals surface area contributed by atoms with Crippen LogP contribution in [0.1, 0.15) is 57.1 Å². The van der Waals surface area contributed by atoms with Gasteiger partial charge in [0, 0.05) is 18.9 Å². The molecule has 4 nitrogen and oxygen atoms in total. The van der Waals surface area contributed by atoms with Crippen molar-refractivity contribution in [2.24, 2.45) is 0 Å². The number of nitrogen functional groups attached to an aromatic ring is 1. The smallest absolute Gasteiger partial charge is 0.128 e. The summed E-state index contributed by atoms with van der Waals surface area (Å²) in [5.74, 6) is 0.537. The molecule has 0 saturated heterocycles. The number of nitrogens with two attached hydrogens (primary N) is 1. The van der Waals surface area contributed by atoms with E-state index in [1.165, 1.54) is 19.3 Å². The number of aromatic nitrogens is 1.